The highest BCUT2D eigenvalue weighted by Crippen LogP contribution is 2.20. The number of allylic oxidation sites excluding steroid dienone is 1. The van der Waals surface area contributed by atoms with Gasteiger partial charge in [-0.3, -0.25) is 4.79 Å². The van der Waals surface area contributed by atoms with Crippen LogP contribution in [0, 0.1) is 5.41 Å². The monoisotopic (exact) mass is 295 g/mol. The Labute approximate surface area is 123 Å². The summed E-state index contributed by atoms with van der Waals surface area (Å²) in [4.78, 5) is 23.7. The summed E-state index contributed by atoms with van der Waals surface area (Å²) in [6.07, 6.45) is 1.26. The molecule has 1 N–H and O–H groups in total. The summed E-state index contributed by atoms with van der Waals surface area (Å²) in [6, 6.07) is 6.85. The molecule has 0 aliphatic heterocycles. The van der Waals surface area contributed by atoms with Crippen molar-refractivity contribution < 1.29 is 14.3 Å². The van der Waals surface area contributed by atoms with E-state index in [4.69, 9.17) is 11.6 Å². The van der Waals surface area contributed by atoms with E-state index in [0.29, 0.717) is 10.7 Å². The van der Waals surface area contributed by atoms with Crippen LogP contribution in [0.2, 0.25) is 5.02 Å². The molecule has 1 aromatic rings. The van der Waals surface area contributed by atoms with Gasteiger partial charge in [0.15, 0.2) is 5.78 Å². The number of anilines is 1. The lowest BCUT2D eigenvalue weighted by Crippen LogP contribution is -2.22. The SMILES string of the molecule is COC(=O)C(=CC(=O)C(C)(C)C)Nc1cccc(Cl)c1. The van der Waals surface area contributed by atoms with Crippen LogP contribution in [0.1, 0.15) is 20.8 Å². The number of methoxy groups -OCH3 is 1. The van der Waals surface area contributed by atoms with Crippen molar-refractivity contribution in [3.8, 4) is 0 Å². The summed E-state index contributed by atoms with van der Waals surface area (Å²) < 4.78 is 4.67. The molecule has 0 amide bonds. The van der Waals surface area contributed by atoms with Gasteiger partial charge in [-0.2, -0.15) is 0 Å². The van der Waals surface area contributed by atoms with Gasteiger partial charge in [0.2, 0.25) is 0 Å². The fourth-order valence-corrected chi connectivity index (χ4v) is 1.52. The van der Waals surface area contributed by atoms with Crippen LogP contribution >= 0.6 is 11.6 Å². The van der Waals surface area contributed by atoms with Crippen LogP contribution in [0.4, 0.5) is 5.69 Å². The Morgan fingerprint density at radius 2 is 1.95 bits per heavy atom. The molecule has 0 bridgehead atoms. The van der Waals surface area contributed by atoms with Gasteiger partial charge < -0.3 is 10.1 Å². The van der Waals surface area contributed by atoms with E-state index in [1.165, 1.54) is 13.2 Å². The third kappa shape index (κ3) is 4.70. The highest BCUT2D eigenvalue weighted by Gasteiger charge is 2.22. The van der Waals surface area contributed by atoms with Gasteiger partial charge in [-0.25, -0.2) is 4.79 Å². The minimum absolute atomic E-state index is 0.0784. The lowest BCUT2D eigenvalue weighted by Gasteiger charge is -2.15. The summed E-state index contributed by atoms with van der Waals surface area (Å²) >= 11 is 5.88. The normalized spacial score (nSPS) is 11.9. The molecule has 20 heavy (non-hydrogen) atoms. The quantitative estimate of drug-likeness (QED) is 0.683. The molecule has 0 unspecified atom stereocenters. The minimum atomic E-state index is -0.609. The Morgan fingerprint density at radius 1 is 1.30 bits per heavy atom. The molecule has 0 heterocycles. The highest BCUT2D eigenvalue weighted by atomic mass is 35.5. The minimum Gasteiger partial charge on any atom is -0.464 e. The molecular formula is C15H18ClNO3. The summed E-state index contributed by atoms with van der Waals surface area (Å²) in [5.41, 5.74) is 0.112. The van der Waals surface area contributed by atoms with Crippen molar-refractivity contribution in [1.82, 2.24) is 0 Å². The molecule has 1 aromatic carbocycles. The standard InChI is InChI=1S/C15H18ClNO3/c1-15(2,3)13(18)9-12(14(19)20-4)17-11-7-5-6-10(16)8-11/h5-9,17H,1-4H3. The predicted octanol–water partition coefficient (Wildman–Crippen LogP) is 3.42. The lowest BCUT2D eigenvalue weighted by molar-refractivity contribution is -0.136. The van der Waals surface area contributed by atoms with Crippen molar-refractivity contribution >= 4 is 29.0 Å². The van der Waals surface area contributed by atoms with Gasteiger partial charge in [0, 0.05) is 22.2 Å². The van der Waals surface area contributed by atoms with Crippen LogP contribution in [0.15, 0.2) is 36.0 Å². The maximum atomic E-state index is 12.0. The predicted molar refractivity (Wildman–Crippen MR) is 79.6 cm³/mol. The maximum absolute atomic E-state index is 12.0. The van der Waals surface area contributed by atoms with Crippen LogP contribution < -0.4 is 5.32 Å². The lowest BCUT2D eigenvalue weighted by atomic mass is 9.90. The Morgan fingerprint density at radius 3 is 2.45 bits per heavy atom. The zero-order chi connectivity index (χ0) is 15.3. The fourth-order valence-electron chi connectivity index (χ4n) is 1.33. The number of rotatable bonds is 4. The molecule has 0 aliphatic carbocycles. The molecule has 4 nitrogen and oxygen atoms in total. The van der Waals surface area contributed by atoms with Crippen molar-refractivity contribution in [3.63, 3.8) is 0 Å². The van der Waals surface area contributed by atoms with E-state index in [9.17, 15) is 9.59 Å². The van der Waals surface area contributed by atoms with Crippen LogP contribution in [0.5, 0.6) is 0 Å². The van der Waals surface area contributed by atoms with E-state index in [1.54, 1.807) is 45.0 Å². The number of esters is 1. The van der Waals surface area contributed by atoms with E-state index >= 15 is 0 Å². The average molecular weight is 296 g/mol. The molecule has 0 saturated carbocycles. The molecular weight excluding hydrogens is 278 g/mol. The third-order valence-corrected chi connectivity index (χ3v) is 2.76. The van der Waals surface area contributed by atoms with Crippen LogP contribution in [-0.4, -0.2) is 18.9 Å². The van der Waals surface area contributed by atoms with Crippen molar-refractivity contribution in [2.75, 3.05) is 12.4 Å². The zero-order valence-electron chi connectivity index (χ0n) is 12.0. The van der Waals surface area contributed by atoms with Crippen LogP contribution in [0.3, 0.4) is 0 Å². The number of benzene rings is 1. The number of carbonyl (C=O) groups excluding carboxylic acids is 2. The molecule has 108 valence electrons. The van der Waals surface area contributed by atoms with Gasteiger partial charge in [0.05, 0.1) is 7.11 Å². The molecule has 0 aromatic heterocycles. The summed E-state index contributed by atoms with van der Waals surface area (Å²) in [6.45, 7) is 5.33. The topological polar surface area (TPSA) is 55.4 Å². The second kappa shape index (κ2) is 6.57. The van der Waals surface area contributed by atoms with Gasteiger partial charge in [-0.05, 0) is 18.2 Å². The second-order valence-electron chi connectivity index (χ2n) is 5.30. The smallest absolute Gasteiger partial charge is 0.354 e. The van der Waals surface area contributed by atoms with Gasteiger partial charge >= 0.3 is 5.97 Å². The van der Waals surface area contributed by atoms with E-state index in [1.807, 2.05) is 0 Å². The number of carbonyl (C=O) groups is 2. The van der Waals surface area contributed by atoms with Gasteiger partial charge in [-0.1, -0.05) is 38.4 Å². The zero-order valence-corrected chi connectivity index (χ0v) is 12.7. The first-order valence-electron chi connectivity index (χ1n) is 6.11. The summed E-state index contributed by atoms with van der Waals surface area (Å²) in [7, 11) is 1.26. The number of ketones is 1. The Bertz CT molecular complexity index is 544. The molecule has 1 rings (SSSR count). The Kier molecular flexibility index (Phi) is 5.34. The van der Waals surface area contributed by atoms with Crippen molar-refractivity contribution in [2.45, 2.75) is 20.8 Å². The van der Waals surface area contributed by atoms with Crippen molar-refractivity contribution in [2.24, 2.45) is 5.41 Å². The van der Waals surface area contributed by atoms with Crippen LogP contribution in [-0.2, 0) is 14.3 Å². The van der Waals surface area contributed by atoms with Gasteiger partial charge in [0.1, 0.15) is 5.70 Å². The molecule has 0 radical (unpaired) electrons. The fraction of sp³-hybridized carbons (Fsp3) is 0.333. The van der Waals surface area contributed by atoms with E-state index in [0.717, 1.165) is 0 Å². The Hall–Kier alpha value is -1.81. The number of hydrogen-bond acceptors (Lipinski definition) is 4. The largest absolute Gasteiger partial charge is 0.464 e. The van der Waals surface area contributed by atoms with Crippen molar-refractivity contribution in [3.05, 3.63) is 41.1 Å². The maximum Gasteiger partial charge on any atom is 0.354 e. The van der Waals surface area contributed by atoms with Crippen molar-refractivity contribution in [1.29, 1.82) is 0 Å². The average Bonchev–Trinajstić information content (AvgIpc) is 2.35. The number of hydrogen-bond donors (Lipinski definition) is 1. The first kappa shape index (κ1) is 16.2. The second-order valence-corrected chi connectivity index (χ2v) is 5.74. The molecule has 0 spiro atoms. The third-order valence-electron chi connectivity index (χ3n) is 2.52. The molecule has 0 aliphatic rings. The first-order chi connectivity index (χ1) is 9.24. The summed E-state index contributed by atoms with van der Waals surface area (Å²) in [5, 5.41) is 3.38. The first-order valence-corrected chi connectivity index (χ1v) is 6.49. The van der Waals surface area contributed by atoms with E-state index in [2.05, 4.69) is 10.1 Å². The van der Waals surface area contributed by atoms with E-state index < -0.39 is 11.4 Å². The van der Waals surface area contributed by atoms with E-state index in [-0.39, 0.29) is 11.5 Å². The number of nitrogens with one attached hydrogen (secondary N) is 1. The molecule has 5 heteroatoms. The summed E-state index contributed by atoms with van der Waals surface area (Å²) in [5.74, 6) is -0.782. The molecule has 0 saturated heterocycles. The number of halogens is 1. The number of ether oxygens (including phenoxy) is 1. The van der Waals surface area contributed by atoms with Gasteiger partial charge in [-0.15, -0.1) is 0 Å². The molecule has 0 atom stereocenters. The molecule has 0 fully saturated rings. The van der Waals surface area contributed by atoms with Crippen LogP contribution in [0.25, 0.3) is 0 Å². The Balaban J connectivity index is 3.05. The van der Waals surface area contributed by atoms with Gasteiger partial charge in [0.25, 0.3) is 0 Å². The highest BCUT2D eigenvalue weighted by molar-refractivity contribution is 6.30.